The van der Waals surface area contributed by atoms with Gasteiger partial charge in [-0.15, -0.1) is 0 Å². The normalized spacial score (nSPS) is 12.5. The fourth-order valence-corrected chi connectivity index (χ4v) is 2.09. The highest BCUT2D eigenvalue weighted by Crippen LogP contribution is 2.19. The maximum atomic E-state index is 11.5. The molecule has 0 atom stereocenters. The lowest BCUT2D eigenvalue weighted by atomic mass is 10.1. The number of rotatable bonds is 5. The van der Waals surface area contributed by atoms with E-state index in [0.717, 1.165) is 28.6 Å². The molecule has 2 aromatic rings. The largest absolute Gasteiger partial charge is 0.490 e. The number of aromatic nitrogens is 1. The summed E-state index contributed by atoms with van der Waals surface area (Å²) in [5.74, 6) is -0.282. The summed E-state index contributed by atoms with van der Waals surface area (Å²) in [5, 5.41) is 1.16. The fourth-order valence-electron chi connectivity index (χ4n) is 2.09. The Bertz CT molecular complexity index is 662. The van der Waals surface area contributed by atoms with Crippen LogP contribution in [0.2, 0.25) is 0 Å². The third kappa shape index (κ3) is 3.54. The molecule has 1 aromatic carbocycles. The van der Waals surface area contributed by atoms with Gasteiger partial charge in [0, 0.05) is 11.2 Å². The molecule has 1 heterocycles. The van der Waals surface area contributed by atoms with Crippen LogP contribution in [0.5, 0.6) is 0 Å². The molecule has 0 fully saturated rings. The van der Waals surface area contributed by atoms with Crippen molar-refractivity contribution in [2.75, 3.05) is 14.2 Å². The molecule has 1 N–H and O–H groups in total. The van der Waals surface area contributed by atoms with Gasteiger partial charge in [-0.05, 0) is 41.7 Å². The van der Waals surface area contributed by atoms with Gasteiger partial charge in [0.25, 0.3) is 0 Å². The highest BCUT2D eigenvalue weighted by molar-refractivity contribution is 5.87. The van der Waals surface area contributed by atoms with Crippen LogP contribution in [0.25, 0.3) is 17.0 Å². The number of hydrogen-bond acceptors (Lipinski definition) is 3. The first kappa shape index (κ1) is 14.9. The van der Waals surface area contributed by atoms with Crippen molar-refractivity contribution in [2.45, 2.75) is 13.3 Å². The van der Waals surface area contributed by atoms with Gasteiger partial charge in [-0.2, -0.15) is 0 Å². The van der Waals surface area contributed by atoms with Crippen molar-refractivity contribution in [1.29, 1.82) is 0 Å². The predicted octanol–water partition coefficient (Wildman–Crippen LogP) is 3.66. The topological polar surface area (TPSA) is 51.3 Å². The number of hydrogen-bond donors (Lipinski definition) is 1. The van der Waals surface area contributed by atoms with Gasteiger partial charge >= 0.3 is 5.97 Å². The van der Waals surface area contributed by atoms with E-state index in [1.807, 2.05) is 31.2 Å². The Balaban J connectivity index is 2.35. The first-order valence-electron chi connectivity index (χ1n) is 6.80. The standard InChI is InChI=1S/C17H19NO3/c1-4-12(10-16(20-2)17(19)21-3)9-14-11-13-7-5-6-8-15(13)18-14/h5-11,18H,4H2,1-3H3. The van der Waals surface area contributed by atoms with E-state index in [-0.39, 0.29) is 5.76 Å². The van der Waals surface area contributed by atoms with Crippen molar-refractivity contribution in [1.82, 2.24) is 4.98 Å². The van der Waals surface area contributed by atoms with Gasteiger partial charge in [-0.3, -0.25) is 0 Å². The van der Waals surface area contributed by atoms with Crippen LogP contribution in [-0.4, -0.2) is 25.2 Å². The van der Waals surface area contributed by atoms with Gasteiger partial charge in [0.15, 0.2) is 0 Å². The minimum absolute atomic E-state index is 0.196. The molecule has 0 saturated heterocycles. The molecule has 4 nitrogen and oxygen atoms in total. The number of aromatic amines is 1. The number of fused-ring (bicyclic) bond motifs is 1. The molecule has 0 radical (unpaired) electrons. The van der Waals surface area contributed by atoms with Crippen molar-refractivity contribution in [3.63, 3.8) is 0 Å². The van der Waals surface area contributed by atoms with E-state index in [1.165, 1.54) is 14.2 Å². The number of para-hydroxylation sites is 1. The summed E-state index contributed by atoms with van der Waals surface area (Å²) in [6, 6.07) is 10.2. The molecule has 0 bridgehead atoms. The number of carbonyl (C=O) groups is 1. The lowest BCUT2D eigenvalue weighted by molar-refractivity contribution is -0.139. The molecule has 0 saturated carbocycles. The Morgan fingerprint density at radius 2 is 2.00 bits per heavy atom. The van der Waals surface area contributed by atoms with Crippen molar-refractivity contribution < 1.29 is 14.3 Å². The van der Waals surface area contributed by atoms with Gasteiger partial charge in [0.05, 0.1) is 14.2 Å². The van der Waals surface area contributed by atoms with Crippen LogP contribution < -0.4 is 0 Å². The van der Waals surface area contributed by atoms with Crippen LogP contribution in [0.4, 0.5) is 0 Å². The number of benzene rings is 1. The van der Waals surface area contributed by atoms with Crippen molar-refractivity contribution >= 4 is 22.9 Å². The van der Waals surface area contributed by atoms with E-state index in [2.05, 4.69) is 21.9 Å². The quantitative estimate of drug-likeness (QED) is 0.395. The Kier molecular flexibility index (Phi) is 4.82. The summed E-state index contributed by atoms with van der Waals surface area (Å²) in [4.78, 5) is 14.9. The maximum absolute atomic E-state index is 11.5. The number of methoxy groups -OCH3 is 2. The smallest absolute Gasteiger partial charge is 0.373 e. The van der Waals surface area contributed by atoms with E-state index in [9.17, 15) is 4.79 Å². The number of esters is 1. The van der Waals surface area contributed by atoms with Crippen molar-refractivity contribution in [3.05, 3.63) is 53.4 Å². The molecule has 0 aliphatic rings. The number of allylic oxidation sites excluding steroid dienone is 2. The lowest BCUT2D eigenvalue weighted by Gasteiger charge is -2.04. The monoisotopic (exact) mass is 285 g/mol. The summed E-state index contributed by atoms with van der Waals surface area (Å²) < 4.78 is 9.75. The Morgan fingerprint density at radius 3 is 2.62 bits per heavy atom. The molecule has 1 aromatic heterocycles. The number of H-pyrrole nitrogens is 1. The molecule has 110 valence electrons. The third-order valence-electron chi connectivity index (χ3n) is 3.22. The fraction of sp³-hybridized carbons (Fsp3) is 0.235. The second-order valence-corrected chi connectivity index (χ2v) is 4.59. The summed E-state index contributed by atoms with van der Waals surface area (Å²) >= 11 is 0. The van der Waals surface area contributed by atoms with E-state index in [0.29, 0.717) is 0 Å². The first-order valence-corrected chi connectivity index (χ1v) is 6.80. The summed E-state index contributed by atoms with van der Waals surface area (Å²) in [5.41, 5.74) is 3.05. The Labute approximate surface area is 124 Å². The van der Waals surface area contributed by atoms with Crippen molar-refractivity contribution in [3.8, 4) is 0 Å². The lowest BCUT2D eigenvalue weighted by Crippen LogP contribution is -2.06. The van der Waals surface area contributed by atoms with E-state index >= 15 is 0 Å². The molecule has 0 amide bonds. The van der Waals surface area contributed by atoms with Crippen LogP contribution in [0.3, 0.4) is 0 Å². The average molecular weight is 285 g/mol. The third-order valence-corrected chi connectivity index (χ3v) is 3.22. The molecule has 0 unspecified atom stereocenters. The highest BCUT2D eigenvalue weighted by Gasteiger charge is 2.10. The second kappa shape index (κ2) is 6.79. The van der Waals surface area contributed by atoms with Gasteiger partial charge < -0.3 is 14.5 Å². The van der Waals surface area contributed by atoms with Crippen molar-refractivity contribution in [2.24, 2.45) is 0 Å². The van der Waals surface area contributed by atoms with Crippen LogP contribution in [-0.2, 0) is 14.3 Å². The second-order valence-electron chi connectivity index (χ2n) is 4.59. The molecular weight excluding hydrogens is 266 g/mol. The first-order chi connectivity index (χ1) is 10.2. The minimum atomic E-state index is -0.478. The van der Waals surface area contributed by atoms with Crippen LogP contribution in [0, 0.1) is 0 Å². The summed E-state index contributed by atoms with van der Waals surface area (Å²) in [7, 11) is 2.79. The molecule has 4 heteroatoms. The number of nitrogens with one attached hydrogen (secondary N) is 1. The molecule has 0 aliphatic heterocycles. The number of ether oxygens (including phenoxy) is 2. The Hall–Kier alpha value is -2.49. The zero-order chi connectivity index (χ0) is 15.2. The molecular formula is C17H19NO3. The van der Waals surface area contributed by atoms with Gasteiger partial charge in [-0.25, -0.2) is 4.79 Å². The molecule has 21 heavy (non-hydrogen) atoms. The molecule has 0 aliphatic carbocycles. The molecule has 0 spiro atoms. The van der Waals surface area contributed by atoms with Gasteiger partial charge in [0.2, 0.25) is 5.76 Å². The van der Waals surface area contributed by atoms with E-state index in [4.69, 9.17) is 4.74 Å². The SMILES string of the molecule is CCC(=Cc1cc2ccccc2[nH]1)C=C(OC)C(=O)OC. The van der Waals surface area contributed by atoms with Gasteiger partial charge in [-0.1, -0.05) is 25.1 Å². The average Bonchev–Trinajstić information content (AvgIpc) is 2.92. The van der Waals surface area contributed by atoms with Crippen LogP contribution in [0.1, 0.15) is 19.0 Å². The van der Waals surface area contributed by atoms with E-state index < -0.39 is 5.97 Å². The van der Waals surface area contributed by atoms with Crippen LogP contribution >= 0.6 is 0 Å². The van der Waals surface area contributed by atoms with E-state index in [1.54, 1.807) is 6.08 Å². The highest BCUT2D eigenvalue weighted by atomic mass is 16.6. The predicted molar refractivity (Wildman–Crippen MR) is 83.7 cm³/mol. The number of carbonyl (C=O) groups excluding carboxylic acids is 1. The van der Waals surface area contributed by atoms with Gasteiger partial charge in [0.1, 0.15) is 0 Å². The maximum Gasteiger partial charge on any atom is 0.373 e. The summed E-state index contributed by atoms with van der Waals surface area (Å²) in [6.45, 7) is 2.02. The Morgan fingerprint density at radius 1 is 1.24 bits per heavy atom. The molecule has 2 rings (SSSR count). The zero-order valence-corrected chi connectivity index (χ0v) is 12.5. The summed E-state index contributed by atoms with van der Waals surface area (Å²) in [6.07, 6.45) is 4.48. The van der Waals surface area contributed by atoms with Crippen LogP contribution in [0.15, 0.2) is 47.7 Å². The zero-order valence-electron chi connectivity index (χ0n) is 12.5. The minimum Gasteiger partial charge on any atom is -0.490 e.